The SMILES string of the molecule is CCCCCCOc1cccc(-c2csc(NC(=O)c3cc(Cl)c(/C=C(\OC)C(=O)O)c(Cl)c3)n2)c1F. The van der Waals surface area contributed by atoms with Gasteiger partial charge in [0.1, 0.15) is 0 Å². The van der Waals surface area contributed by atoms with E-state index in [-0.39, 0.29) is 43.4 Å². The minimum Gasteiger partial charge on any atom is -0.490 e. The Balaban J connectivity index is 1.74. The fourth-order valence-electron chi connectivity index (χ4n) is 3.35. The number of ether oxygens (including phenoxy) is 2. The van der Waals surface area contributed by atoms with E-state index < -0.39 is 17.7 Å². The predicted octanol–water partition coefficient (Wildman–Crippen LogP) is 7.54. The fourth-order valence-corrected chi connectivity index (χ4v) is 4.65. The molecule has 1 amide bonds. The molecule has 7 nitrogen and oxygen atoms in total. The standard InChI is InChI=1S/C26H25Cl2FN2O5S/c1-3-4-5-6-10-36-21-9-7-8-16(23(21)29)20-14-37-26(30-20)31-24(32)15-11-18(27)17(19(28)12-15)13-22(35-2)25(33)34/h7-9,11-14H,3-6,10H2,1-2H3,(H,33,34)(H,30,31,32)/b22-13-. The van der Waals surface area contributed by atoms with Crippen LogP contribution in [0.5, 0.6) is 5.75 Å². The molecule has 2 aromatic carbocycles. The third kappa shape index (κ3) is 7.44. The van der Waals surface area contributed by atoms with E-state index in [4.69, 9.17) is 37.8 Å². The summed E-state index contributed by atoms with van der Waals surface area (Å²) in [5.41, 5.74) is 0.936. The van der Waals surface area contributed by atoms with E-state index >= 15 is 4.39 Å². The Morgan fingerprint density at radius 1 is 1.19 bits per heavy atom. The van der Waals surface area contributed by atoms with Gasteiger partial charge in [-0.15, -0.1) is 11.3 Å². The predicted molar refractivity (Wildman–Crippen MR) is 144 cm³/mol. The summed E-state index contributed by atoms with van der Waals surface area (Å²) in [5.74, 6) is -2.56. The number of carboxylic acid groups (broad SMARTS) is 1. The summed E-state index contributed by atoms with van der Waals surface area (Å²) in [6.07, 6.45) is 5.26. The highest BCUT2D eigenvalue weighted by molar-refractivity contribution is 7.14. The van der Waals surface area contributed by atoms with E-state index in [1.807, 2.05) is 0 Å². The smallest absolute Gasteiger partial charge is 0.371 e. The van der Waals surface area contributed by atoms with E-state index in [1.165, 1.54) is 25.3 Å². The van der Waals surface area contributed by atoms with Crippen molar-refractivity contribution in [2.24, 2.45) is 0 Å². The molecule has 0 radical (unpaired) electrons. The third-order valence-corrected chi connectivity index (χ3v) is 6.65. The lowest BCUT2D eigenvalue weighted by atomic mass is 10.1. The average molecular weight is 567 g/mol. The number of carbonyl (C=O) groups excluding carboxylic acids is 1. The number of hydrogen-bond donors (Lipinski definition) is 2. The summed E-state index contributed by atoms with van der Waals surface area (Å²) in [6.45, 7) is 2.55. The molecule has 1 aromatic heterocycles. The number of carboxylic acids is 1. The summed E-state index contributed by atoms with van der Waals surface area (Å²) in [5, 5.41) is 13.8. The molecule has 0 aliphatic heterocycles. The summed E-state index contributed by atoms with van der Waals surface area (Å²) < 4.78 is 25.4. The van der Waals surface area contributed by atoms with Crippen molar-refractivity contribution >= 4 is 57.6 Å². The second kappa shape index (κ2) is 13.4. The van der Waals surface area contributed by atoms with E-state index in [9.17, 15) is 9.59 Å². The summed E-state index contributed by atoms with van der Waals surface area (Å²) >= 11 is 13.6. The van der Waals surface area contributed by atoms with Gasteiger partial charge in [-0.1, -0.05) is 55.5 Å². The molecule has 0 saturated carbocycles. The van der Waals surface area contributed by atoms with Gasteiger partial charge in [0.25, 0.3) is 5.91 Å². The molecular weight excluding hydrogens is 542 g/mol. The number of methoxy groups -OCH3 is 1. The third-order valence-electron chi connectivity index (χ3n) is 5.27. The highest BCUT2D eigenvalue weighted by atomic mass is 35.5. The summed E-state index contributed by atoms with van der Waals surface area (Å²) in [6, 6.07) is 7.55. The first-order valence-electron chi connectivity index (χ1n) is 11.4. The summed E-state index contributed by atoms with van der Waals surface area (Å²) in [7, 11) is 1.20. The molecule has 3 aromatic rings. The molecule has 0 unspecified atom stereocenters. The number of unbranched alkanes of at least 4 members (excludes halogenated alkanes) is 3. The van der Waals surface area contributed by atoms with Crippen molar-refractivity contribution in [3.05, 3.63) is 68.5 Å². The highest BCUT2D eigenvalue weighted by Gasteiger charge is 2.18. The molecule has 0 fully saturated rings. The number of rotatable bonds is 12. The molecule has 1 heterocycles. The minimum absolute atomic E-state index is 0.0573. The van der Waals surface area contributed by atoms with Crippen LogP contribution in [0.3, 0.4) is 0 Å². The number of aliphatic carboxylic acids is 1. The first kappa shape index (κ1) is 28.4. The van der Waals surface area contributed by atoms with Gasteiger partial charge in [0.15, 0.2) is 16.7 Å². The first-order chi connectivity index (χ1) is 17.7. The Bertz CT molecular complexity index is 1290. The number of nitrogens with one attached hydrogen (secondary N) is 1. The van der Waals surface area contributed by atoms with Gasteiger partial charge in [0.05, 0.1) is 29.5 Å². The second-order valence-electron chi connectivity index (χ2n) is 7.89. The Morgan fingerprint density at radius 3 is 2.57 bits per heavy atom. The number of aromatic nitrogens is 1. The highest BCUT2D eigenvalue weighted by Crippen LogP contribution is 2.33. The molecule has 0 saturated heterocycles. The van der Waals surface area contributed by atoms with Crippen molar-refractivity contribution in [2.45, 2.75) is 32.6 Å². The van der Waals surface area contributed by atoms with Gasteiger partial charge in [-0.25, -0.2) is 14.2 Å². The van der Waals surface area contributed by atoms with E-state index in [0.29, 0.717) is 12.3 Å². The number of nitrogens with zero attached hydrogens (tertiary/aromatic N) is 1. The normalized spacial score (nSPS) is 11.3. The molecule has 0 atom stereocenters. The molecule has 0 aliphatic rings. The molecule has 11 heteroatoms. The number of hydrogen-bond acceptors (Lipinski definition) is 6. The van der Waals surface area contributed by atoms with Crippen LogP contribution in [0, 0.1) is 5.82 Å². The van der Waals surface area contributed by atoms with E-state index in [2.05, 4.69) is 17.2 Å². The van der Waals surface area contributed by atoms with E-state index in [0.717, 1.165) is 37.0 Å². The van der Waals surface area contributed by atoms with E-state index in [1.54, 1.807) is 23.6 Å². The Morgan fingerprint density at radius 2 is 1.92 bits per heavy atom. The maximum Gasteiger partial charge on any atom is 0.371 e. The lowest BCUT2D eigenvalue weighted by Crippen LogP contribution is -2.12. The van der Waals surface area contributed by atoms with Crippen molar-refractivity contribution in [2.75, 3.05) is 19.0 Å². The second-order valence-corrected chi connectivity index (χ2v) is 9.56. The van der Waals surface area contributed by atoms with Crippen LogP contribution in [0.4, 0.5) is 9.52 Å². The largest absolute Gasteiger partial charge is 0.490 e. The molecule has 37 heavy (non-hydrogen) atoms. The number of carbonyl (C=O) groups is 2. The molecule has 0 aliphatic carbocycles. The monoisotopic (exact) mass is 566 g/mol. The zero-order valence-electron chi connectivity index (χ0n) is 20.1. The number of anilines is 1. The van der Waals surface area contributed by atoms with Crippen molar-refractivity contribution in [3.63, 3.8) is 0 Å². The van der Waals surface area contributed by atoms with Gasteiger partial charge >= 0.3 is 5.97 Å². The van der Waals surface area contributed by atoms with Gasteiger partial charge < -0.3 is 14.6 Å². The van der Waals surface area contributed by atoms with Gasteiger partial charge in [-0.3, -0.25) is 10.1 Å². The van der Waals surface area contributed by atoms with Gasteiger partial charge in [0, 0.05) is 22.1 Å². The minimum atomic E-state index is -1.29. The van der Waals surface area contributed by atoms with Crippen molar-refractivity contribution in [1.82, 2.24) is 4.98 Å². The van der Waals surface area contributed by atoms with Crippen LogP contribution in [0.25, 0.3) is 17.3 Å². The quantitative estimate of drug-likeness (QED) is 0.133. The fraction of sp³-hybridized carbons (Fsp3) is 0.269. The van der Waals surface area contributed by atoms with Crippen molar-refractivity contribution < 1.29 is 28.6 Å². The van der Waals surface area contributed by atoms with Gasteiger partial charge in [0.2, 0.25) is 5.76 Å². The zero-order chi connectivity index (χ0) is 26.9. The molecule has 0 bridgehead atoms. The topological polar surface area (TPSA) is 97.8 Å². The van der Waals surface area contributed by atoms with Crippen LogP contribution >= 0.6 is 34.5 Å². The Hall–Kier alpha value is -3.14. The molecular formula is C26H25Cl2FN2O5S. The zero-order valence-corrected chi connectivity index (χ0v) is 22.5. The first-order valence-corrected chi connectivity index (χ1v) is 13.0. The van der Waals surface area contributed by atoms with Crippen molar-refractivity contribution in [1.29, 1.82) is 0 Å². The van der Waals surface area contributed by atoms with Gasteiger partial charge in [-0.05, 0) is 36.8 Å². The molecule has 3 rings (SSSR count). The average Bonchev–Trinajstić information content (AvgIpc) is 3.32. The lowest BCUT2D eigenvalue weighted by molar-refractivity contribution is -0.135. The maximum absolute atomic E-state index is 15.0. The molecule has 0 spiro atoms. The molecule has 2 N–H and O–H groups in total. The van der Waals surface area contributed by atoms with Crippen molar-refractivity contribution in [3.8, 4) is 17.0 Å². The number of benzene rings is 2. The van der Waals surface area contributed by atoms with Crippen LogP contribution in [0.2, 0.25) is 10.0 Å². The van der Waals surface area contributed by atoms with Crippen LogP contribution in [0.1, 0.15) is 48.5 Å². The van der Waals surface area contributed by atoms with Crippen LogP contribution in [0.15, 0.2) is 41.5 Å². The van der Waals surface area contributed by atoms with Crippen LogP contribution < -0.4 is 10.1 Å². The molecule has 196 valence electrons. The van der Waals surface area contributed by atoms with Crippen LogP contribution in [-0.2, 0) is 9.53 Å². The number of thiazole rings is 1. The van der Waals surface area contributed by atoms with Gasteiger partial charge in [-0.2, -0.15) is 0 Å². The Labute approximate surface area is 227 Å². The maximum atomic E-state index is 15.0. The lowest BCUT2D eigenvalue weighted by Gasteiger charge is -2.09. The Kier molecular flexibility index (Phi) is 10.3. The summed E-state index contributed by atoms with van der Waals surface area (Å²) in [4.78, 5) is 28.3. The van der Waals surface area contributed by atoms with Crippen LogP contribution in [-0.4, -0.2) is 35.7 Å². The number of amides is 1. The number of halogens is 3.